The number of hydrogen-bond donors (Lipinski definition) is 7. The van der Waals surface area contributed by atoms with E-state index in [0.717, 1.165) is 0 Å². The topological polar surface area (TPSA) is 191 Å². The highest BCUT2D eigenvalue weighted by molar-refractivity contribution is 5.76. The first-order valence-corrected chi connectivity index (χ1v) is 7.23. The van der Waals surface area contributed by atoms with Crippen molar-refractivity contribution in [1.29, 1.82) is 0 Å². The van der Waals surface area contributed by atoms with Gasteiger partial charge in [0, 0.05) is 12.8 Å². The molecule has 0 heterocycles. The smallest absolute Gasteiger partial charge is 0.306 e. The standard InChI is InChI=1S/C13H24N4O6/c1-5(19)16-10(11(21)9(20)4-18)7-2-6(12(22)23)3-8(7)17-13(14)15/h6-11,18,20-21H,2-4H2,1H3,(H,16,19)(H,22,23)(H4,14,15,17)/t6?,7-,8+,9?,10?,11?/m1/s1. The quantitative estimate of drug-likeness (QED) is 0.189. The molecule has 0 aromatic rings. The zero-order valence-corrected chi connectivity index (χ0v) is 12.8. The van der Waals surface area contributed by atoms with Crippen molar-refractivity contribution in [3.05, 3.63) is 0 Å². The molecule has 0 bridgehead atoms. The largest absolute Gasteiger partial charge is 0.481 e. The lowest BCUT2D eigenvalue weighted by Crippen LogP contribution is -2.54. The van der Waals surface area contributed by atoms with E-state index in [9.17, 15) is 24.9 Å². The van der Waals surface area contributed by atoms with Crippen LogP contribution < -0.4 is 16.8 Å². The Morgan fingerprint density at radius 1 is 1.30 bits per heavy atom. The van der Waals surface area contributed by atoms with Crippen LogP contribution in [-0.2, 0) is 9.59 Å². The summed E-state index contributed by atoms with van der Waals surface area (Å²) in [6, 6.07) is -1.62. The van der Waals surface area contributed by atoms with Crippen LogP contribution in [0.1, 0.15) is 19.8 Å². The van der Waals surface area contributed by atoms with Crippen LogP contribution in [0.5, 0.6) is 0 Å². The highest BCUT2D eigenvalue weighted by Gasteiger charge is 2.45. The fraction of sp³-hybridized carbons (Fsp3) is 0.769. The van der Waals surface area contributed by atoms with Gasteiger partial charge in [-0.2, -0.15) is 0 Å². The summed E-state index contributed by atoms with van der Waals surface area (Å²) in [4.78, 5) is 26.6. The number of aliphatic carboxylic acids is 1. The van der Waals surface area contributed by atoms with E-state index in [1.807, 2.05) is 0 Å². The SMILES string of the molecule is CC(=O)NC(C(O)C(O)CO)[C@@H]1CC(C(=O)O)C[C@@H]1N=C(N)N. The van der Waals surface area contributed by atoms with Crippen molar-refractivity contribution >= 4 is 17.8 Å². The lowest BCUT2D eigenvalue weighted by atomic mass is 9.87. The normalized spacial score (nSPS) is 27.7. The molecule has 1 aliphatic rings. The summed E-state index contributed by atoms with van der Waals surface area (Å²) in [5.74, 6) is -3.06. The second kappa shape index (κ2) is 8.09. The number of carboxylic acid groups (broad SMARTS) is 1. The second-order valence-electron chi connectivity index (χ2n) is 5.76. The number of hydrogen-bond acceptors (Lipinski definition) is 6. The highest BCUT2D eigenvalue weighted by Crippen LogP contribution is 2.37. The number of nitrogens with zero attached hydrogens (tertiary/aromatic N) is 1. The molecule has 1 rings (SSSR count). The van der Waals surface area contributed by atoms with Crippen LogP contribution in [0, 0.1) is 11.8 Å². The molecule has 1 saturated carbocycles. The molecule has 0 spiro atoms. The van der Waals surface area contributed by atoms with Crippen molar-refractivity contribution in [2.24, 2.45) is 28.3 Å². The third-order valence-electron chi connectivity index (χ3n) is 4.02. The van der Waals surface area contributed by atoms with Gasteiger partial charge in [-0.1, -0.05) is 0 Å². The fourth-order valence-electron chi connectivity index (χ4n) is 3.00. The number of aliphatic hydroxyl groups excluding tert-OH is 3. The van der Waals surface area contributed by atoms with E-state index in [0.29, 0.717) is 0 Å². The zero-order valence-electron chi connectivity index (χ0n) is 12.8. The van der Waals surface area contributed by atoms with E-state index in [1.54, 1.807) is 0 Å². The maximum Gasteiger partial charge on any atom is 0.306 e. The molecule has 0 aromatic heterocycles. The van der Waals surface area contributed by atoms with Crippen molar-refractivity contribution in [3.63, 3.8) is 0 Å². The average molecular weight is 332 g/mol. The van der Waals surface area contributed by atoms with Crippen LogP contribution in [-0.4, -0.2) is 69.2 Å². The summed E-state index contributed by atoms with van der Waals surface area (Å²) in [6.07, 6.45) is -2.71. The molecule has 0 saturated heterocycles. The molecule has 1 amide bonds. The number of aliphatic imine (C=N–C) groups is 1. The molecule has 23 heavy (non-hydrogen) atoms. The minimum absolute atomic E-state index is 0.122. The van der Waals surface area contributed by atoms with Gasteiger partial charge in [-0.25, -0.2) is 4.99 Å². The second-order valence-corrected chi connectivity index (χ2v) is 5.76. The van der Waals surface area contributed by atoms with Crippen molar-refractivity contribution in [3.8, 4) is 0 Å². The number of carboxylic acids is 1. The van der Waals surface area contributed by atoms with Crippen LogP contribution >= 0.6 is 0 Å². The molecule has 132 valence electrons. The van der Waals surface area contributed by atoms with E-state index in [-0.39, 0.29) is 18.8 Å². The summed E-state index contributed by atoms with van der Waals surface area (Å²) >= 11 is 0. The first kappa shape index (κ1) is 19.1. The molecular formula is C13H24N4O6. The Bertz CT molecular complexity index is 467. The predicted octanol–water partition coefficient (Wildman–Crippen LogP) is -3.04. The maximum absolute atomic E-state index is 11.4. The van der Waals surface area contributed by atoms with Crippen LogP contribution in [0.4, 0.5) is 0 Å². The van der Waals surface area contributed by atoms with E-state index in [4.69, 9.17) is 16.6 Å². The van der Waals surface area contributed by atoms with Crippen molar-refractivity contribution < 1.29 is 30.0 Å². The molecule has 0 aliphatic heterocycles. The van der Waals surface area contributed by atoms with Crippen LogP contribution in [0.3, 0.4) is 0 Å². The van der Waals surface area contributed by atoms with Gasteiger partial charge in [0.15, 0.2) is 5.96 Å². The number of nitrogens with one attached hydrogen (secondary N) is 1. The maximum atomic E-state index is 11.4. The van der Waals surface area contributed by atoms with Gasteiger partial charge >= 0.3 is 5.97 Å². The van der Waals surface area contributed by atoms with Crippen LogP contribution in [0.25, 0.3) is 0 Å². The molecule has 4 unspecified atom stereocenters. The van der Waals surface area contributed by atoms with Gasteiger partial charge < -0.3 is 37.2 Å². The monoisotopic (exact) mass is 332 g/mol. The predicted molar refractivity (Wildman–Crippen MR) is 80.2 cm³/mol. The minimum Gasteiger partial charge on any atom is -0.481 e. The zero-order chi connectivity index (χ0) is 17.7. The van der Waals surface area contributed by atoms with Gasteiger partial charge in [0.25, 0.3) is 0 Å². The van der Waals surface area contributed by atoms with Crippen molar-refractivity contribution in [2.75, 3.05) is 6.61 Å². The molecule has 0 aromatic carbocycles. The Balaban J connectivity index is 3.10. The number of nitrogens with two attached hydrogens (primary N) is 2. The first-order valence-electron chi connectivity index (χ1n) is 7.23. The third-order valence-corrected chi connectivity index (χ3v) is 4.02. The summed E-state index contributed by atoms with van der Waals surface area (Å²) in [5, 5.41) is 40.5. The summed E-state index contributed by atoms with van der Waals surface area (Å²) < 4.78 is 0. The summed E-state index contributed by atoms with van der Waals surface area (Å²) in [5.41, 5.74) is 10.7. The van der Waals surface area contributed by atoms with E-state index in [1.165, 1.54) is 6.92 Å². The Morgan fingerprint density at radius 3 is 2.35 bits per heavy atom. The van der Waals surface area contributed by atoms with Gasteiger partial charge in [-0.3, -0.25) is 9.59 Å². The Kier molecular flexibility index (Phi) is 6.73. The lowest BCUT2D eigenvalue weighted by Gasteiger charge is -2.33. The number of amides is 1. The van der Waals surface area contributed by atoms with Gasteiger partial charge in [0.05, 0.1) is 24.6 Å². The average Bonchev–Trinajstić information content (AvgIpc) is 2.86. The number of aliphatic hydroxyl groups is 3. The van der Waals surface area contributed by atoms with E-state index >= 15 is 0 Å². The highest BCUT2D eigenvalue weighted by atomic mass is 16.4. The molecule has 10 nitrogen and oxygen atoms in total. The number of carbonyl (C=O) groups excluding carboxylic acids is 1. The van der Waals surface area contributed by atoms with Crippen molar-refractivity contribution in [1.82, 2.24) is 5.32 Å². The molecular weight excluding hydrogens is 308 g/mol. The van der Waals surface area contributed by atoms with Gasteiger partial charge in [-0.15, -0.1) is 0 Å². The van der Waals surface area contributed by atoms with Crippen molar-refractivity contribution in [2.45, 2.75) is 44.1 Å². The molecule has 1 aliphatic carbocycles. The number of carbonyl (C=O) groups is 2. The summed E-state index contributed by atoms with van der Waals surface area (Å²) in [6.45, 7) is 0.517. The van der Waals surface area contributed by atoms with Crippen LogP contribution in [0.15, 0.2) is 4.99 Å². The summed E-state index contributed by atoms with van der Waals surface area (Å²) in [7, 11) is 0. The van der Waals surface area contributed by atoms with E-state index < -0.39 is 54.6 Å². The minimum atomic E-state index is -1.49. The molecule has 9 N–H and O–H groups in total. The van der Waals surface area contributed by atoms with Gasteiger partial charge in [-0.05, 0) is 12.8 Å². The van der Waals surface area contributed by atoms with E-state index in [2.05, 4.69) is 10.3 Å². The molecule has 0 radical (unpaired) electrons. The molecule has 10 heteroatoms. The Morgan fingerprint density at radius 2 is 1.91 bits per heavy atom. The van der Waals surface area contributed by atoms with Crippen LogP contribution in [0.2, 0.25) is 0 Å². The fourth-order valence-corrected chi connectivity index (χ4v) is 3.00. The third kappa shape index (κ3) is 5.05. The first-order chi connectivity index (χ1) is 10.7. The molecule has 1 fully saturated rings. The lowest BCUT2D eigenvalue weighted by molar-refractivity contribution is -0.141. The van der Waals surface area contributed by atoms with Gasteiger partial charge in [0.1, 0.15) is 12.2 Å². The number of guanidine groups is 1. The van der Waals surface area contributed by atoms with Gasteiger partial charge in [0.2, 0.25) is 5.91 Å². The molecule has 6 atom stereocenters. The Labute approximate surface area is 133 Å². The number of rotatable bonds is 7. The Hall–Kier alpha value is -1.91.